The van der Waals surface area contributed by atoms with Gasteiger partial charge in [0.1, 0.15) is 11.2 Å². The standard InChI is InChI=1S/C28H26N2O4/c29-27(33)28(21-7-3-1-4-8-21,22-9-5-2-6-10-22)23-13-15-30(26(23)32)18-24(31)19-11-12-25-20(17-19)14-16-34-25/h1-12,17,23H,13-16,18H2,(H2,29,33)/t23-/m1/s1. The Morgan fingerprint density at radius 3 is 2.24 bits per heavy atom. The van der Waals surface area contributed by atoms with E-state index < -0.39 is 17.2 Å². The molecule has 3 aromatic rings. The summed E-state index contributed by atoms with van der Waals surface area (Å²) in [6, 6.07) is 23.9. The summed E-state index contributed by atoms with van der Waals surface area (Å²) in [5, 5.41) is 0. The number of fused-ring (bicyclic) bond motifs is 1. The highest BCUT2D eigenvalue weighted by Crippen LogP contribution is 2.44. The van der Waals surface area contributed by atoms with Crippen LogP contribution in [0.5, 0.6) is 5.75 Å². The van der Waals surface area contributed by atoms with Crippen molar-refractivity contribution >= 4 is 17.6 Å². The third-order valence-corrected chi connectivity index (χ3v) is 7.01. The van der Waals surface area contributed by atoms with Crippen LogP contribution in [0.4, 0.5) is 0 Å². The predicted octanol–water partition coefficient (Wildman–Crippen LogP) is 3.12. The number of nitrogens with zero attached hydrogens (tertiary/aromatic N) is 1. The van der Waals surface area contributed by atoms with Crippen LogP contribution in [0, 0.1) is 5.92 Å². The highest BCUT2D eigenvalue weighted by Gasteiger charge is 2.54. The summed E-state index contributed by atoms with van der Waals surface area (Å²) < 4.78 is 5.52. The van der Waals surface area contributed by atoms with Crippen molar-refractivity contribution in [3.8, 4) is 5.75 Å². The van der Waals surface area contributed by atoms with Crippen LogP contribution in [0.3, 0.4) is 0 Å². The number of amides is 2. The Bertz CT molecular complexity index is 1200. The zero-order chi connectivity index (χ0) is 23.7. The fraction of sp³-hybridized carbons (Fsp3) is 0.250. The fourth-order valence-corrected chi connectivity index (χ4v) is 5.35. The Labute approximate surface area is 198 Å². The second kappa shape index (κ2) is 8.78. The molecule has 2 heterocycles. The summed E-state index contributed by atoms with van der Waals surface area (Å²) in [6.07, 6.45) is 1.20. The second-order valence-electron chi connectivity index (χ2n) is 8.85. The van der Waals surface area contributed by atoms with Gasteiger partial charge in [-0.3, -0.25) is 14.4 Å². The molecule has 2 amide bonds. The van der Waals surface area contributed by atoms with Gasteiger partial charge in [-0.15, -0.1) is 0 Å². The van der Waals surface area contributed by atoms with Crippen molar-refractivity contribution in [2.24, 2.45) is 11.7 Å². The van der Waals surface area contributed by atoms with Gasteiger partial charge in [-0.2, -0.15) is 0 Å². The van der Waals surface area contributed by atoms with Gasteiger partial charge in [0.25, 0.3) is 0 Å². The summed E-state index contributed by atoms with van der Waals surface area (Å²) in [5.74, 6) is -0.825. The summed E-state index contributed by atoms with van der Waals surface area (Å²) in [5.41, 5.74) is 7.70. The number of carbonyl (C=O) groups excluding carboxylic acids is 3. The molecule has 6 heteroatoms. The lowest BCUT2D eigenvalue weighted by Gasteiger charge is -2.36. The Kier molecular flexibility index (Phi) is 5.65. The van der Waals surface area contributed by atoms with Gasteiger partial charge in [-0.1, -0.05) is 60.7 Å². The first-order valence-corrected chi connectivity index (χ1v) is 11.5. The molecule has 5 rings (SSSR count). The molecule has 0 unspecified atom stereocenters. The van der Waals surface area contributed by atoms with Crippen molar-refractivity contribution in [1.82, 2.24) is 4.90 Å². The van der Waals surface area contributed by atoms with E-state index in [1.54, 1.807) is 11.0 Å². The van der Waals surface area contributed by atoms with Gasteiger partial charge in [0, 0.05) is 18.5 Å². The highest BCUT2D eigenvalue weighted by molar-refractivity contribution is 6.02. The van der Waals surface area contributed by atoms with Crippen molar-refractivity contribution < 1.29 is 19.1 Å². The van der Waals surface area contributed by atoms with E-state index in [1.165, 1.54) is 0 Å². The molecule has 0 spiro atoms. The van der Waals surface area contributed by atoms with Crippen LogP contribution >= 0.6 is 0 Å². The lowest BCUT2D eigenvalue weighted by atomic mass is 9.64. The van der Waals surface area contributed by atoms with E-state index in [4.69, 9.17) is 10.5 Å². The van der Waals surface area contributed by atoms with Crippen molar-refractivity contribution in [2.75, 3.05) is 19.7 Å². The third-order valence-electron chi connectivity index (χ3n) is 7.01. The monoisotopic (exact) mass is 454 g/mol. The van der Waals surface area contributed by atoms with Crippen LogP contribution in [-0.4, -0.2) is 42.2 Å². The fourth-order valence-electron chi connectivity index (χ4n) is 5.35. The van der Waals surface area contributed by atoms with E-state index in [0.717, 1.165) is 17.7 Å². The van der Waals surface area contributed by atoms with Crippen LogP contribution < -0.4 is 10.5 Å². The summed E-state index contributed by atoms with van der Waals surface area (Å²) in [6.45, 7) is 0.971. The van der Waals surface area contributed by atoms with Gasteiger partial charge < -0.3 is 15.4 Å². The van der Waals surface area contributed by atoms with Crippen LogP contribution in [-0.2, 0) is 21.4 Å². The molecular formula is C28H26N2O4. The quantitative estimate of drug-likeness (QED) is 0.556. The number of likely N-dealkylation sites (tertiary alicyclic amines) is 1. The molecule has 3 aromatic carbocycles. The number of primary amides is 1. The highest BCUT2D eigenvalue weighted by atomic mass is 16.5. The Hall–Kier alpha value is -3.93. The van der Waals surface area contributed by atoms with Crippen LogP contribution in [0.1, 0.15) is 33.5 Å². The molecule has 6 nitrogen and oxygen atoms in total. The van der Waals surface area contributed by atoms with Gasteiger partial charge in [-0.05, 0) is 41.3 Å². The second-order valence-corrected chi connectivity index (χ2v) is 8.85. The lowest BCUT2D eigenvalue weighted by molar-refractivity contribution is -0.136. The van der Waals surface area contributed by atoms with E-state index in [9.17, 15) is 14.4 Å². The molecule has 2 aliphatic heterocycles. The van der Waals surface area contributed by atoms with Crippen molar-refractivity contribution in [2.45, 2.75) is 18.3 Å². The molecule has 1 fully saturated rings. The molecule has 0 bridgehead atoms. The minimum atomic E-state index is -1.32. The average molecular weight is 455 g/mol. The van der Waals surface area contributed by atoms with Gasteiger partial charge >= 0.3 is 0 Å². The summed E-state index contributed by atoms with van der Waals surface area (Å²) in [7, 11) is 0. The molecule has 172 valence electrons. The van der Waals surface area contributed by atoms with E-state index in [2.05, 4.69) is 0 Å². The maximum Gasteiger partial charge on any atom is 0.233 e. The molecule has 1 atom stereocenters. The number of hydrogen-bond donors (Lipinski definition) is 1. The lowest BCUT2D eigenvalue weighted by Crippen LogP contribution is -2.51. The molecule has 1 saturated heterocycles. The third kappa shape index (κ3) is 3.55. The molecule has 2 aliphatic rings. The van der Waals surface area contributed by atoms with E-state index in [-0.39, 0.29) is 18.2 Å². The molecule has 34 heavy (non-hydrogen) atoms. The minimum Gasteiger partial charge on any atom is -0.493 e. The van der Waals surface area contributed by atoms with E-state index >= 15 is 0 Å². The zero-order valence-corrected chi connectivity index (χ0v) is 18.8. The van der Waals surface area contributed by atoms with Crippen LogP contribution in [0.25, 0.3) is 0 Å². The zero-order valence-electron chi connectivity index (χ0n) is 18.8. The summed E-state index contributed by atoms with van der Waals surface area (Å²) >= 11 is 0. The number of ether oxygens (including phenoxy) is 1. The van der Waals surface area contributed by atoms with Gasteiger partial charge in [0.2, 0.25) is 11.8 Å². The number of Topliss-reactive ketones (excluding diaryl/α,β-unsaturated/α-hetero) is 1. The Balaban J connectivity index is 1.47. The largest absolute Gasteiger partial charge is 0.493 e. The van der Waals surface area contributed by atoms with Crippen molar-refractivity contribution in [1.29, 1.82) is 0 Å². The summed E-state index contributed by atoms with van der Waals surface area (Å²) in [4.78, 5) is 41.5. The minimum absolute atomic E-state index is 0.0343. The van der Waals surface area contributed by atoms with E-state index in [0.29, 0.717) is 36.3 Å². The number of nitrogens with two attached hydrogens (primary N) is 1. The number of ketones is 1. The SMILES string of the molecule is NC(=O)C(c1ccccc1)(c1ccccc1)[C@@H]1CCN(CC(=O)c2ccc3c(c2)CCO3)C1=O. The Morgan fingerprint density at radius 2 is 1.62 bits per heavy atom. The molecular weight excluding hydrogens is 428 g/mol. The van der Waals surface area contributed by atoms with Crippen LogP contribution in [0.15, 0.2) is 78.9 Å². The number of hydrogen-bond acceptors (Lipinski definition) is 4. The molecule has 0 aromatic heterocycles. The topological polar surface area (TPSA) is 89.7 Å². The molecule has 0 saturated carbocycles. The van der Waals surface area contributed by atoms with Gasteiger partial charge in [0.15, 0.2) is 5.78 Å². The maximum absolute atomic E-state index is 13.7. The van der Waals surface area contributed by atoms with E-state index in [1.807, 2.05) is 72.8 Å². The first-order chi connectivity index (χ1) is 16.5. The smallest absolute Gasteiger partial charge is 0.233 e. The maximum atomic E-state index is 13.7. The first kappa shape index (κ1) is 21.9. The number of rotatable bonds is 7. The van der Waals surface area contributed by atoms with Crippen LogP contribution in [0.2, 0.25) is 0 Å². The number of benzene rings is 3. The Morgan fingerprint density at radius 1 is 0.971 bits per heavy atom. The number of carbonyl (C=O) groups is 3. The van der Waals surface area contributed by atoms with Gasteiger partial charge in [0.05, 0.1) is 19.1 Å². The first-order valence-electron chi connectivity index (χ1n) is 11.5. The van der Waals surface area contributed by atoms with Crippen molar-refractivity contribution in [3.05, 3.63) is 101 Å². The normalized spacial score (nSPS) is 17.4. The van der Waals surface area contributed by atoms with Gasteiger partial charge in [-0.25, -0.2) is 0 Å². The predicted molar refractivity (Wildman–Crippen MR) is 128 cm³/mol. The average Bonchev–Trinajstić information content (AvgIpc) is 3.48. The molecule has 0 radical (unpaired) electrons. The molecule has 0 aliphatic carbocycles. The molecule has 2 N–H and O–H groups in total. The van der Waals surface area contributed by atoms with Crippen molar-refractivity contribution in [3.63, 3.8) is 0 Å².